The highest BCUT2D eigenvalue weighted by Gasteiger charge is 2.27. The van der Waals surface area contributed by atoms with E-state index in [-0.39, 0.29) is 11.8 Å². The lowest BCUT2D eigenvalue weighted by molar-refractivity contribution is 0.597. The molecule has 1 fully saturated rings. The number of nitrogens with one attached hydrogen (secondary N) is 1. The molecule has 1 aliphatic carbocycles. The number of nitrogens with two attached hydrogens (primary N) is 1. The Morgan fingerprint density at radius 3 is 2.44 bits per heavy atom. The summed E-state index contributed by atoms with van der Waals surface area (Å²) in [7, 11) is -3.10. The molecular weight excluding hydrogens is 248 g/mol. The van der Waals surface area contributed by atoms with Gasteiger partial charge < -0.3 is 11.1 Å². The smallest absolute Gasteiger partial charge is 0.178 e. The molecule has 1 atom stereocenters. The van der Waals surface area contributed by atoms with Gasteiger partial charge in [0, 0.05) is 18.3 Å². The molecule has 1 saturated carbocycles. The number of hydrogen-bond donors (Lipinski definition) is 2. The number of hydrogen-bond acceptors (Lipinski definition) is 4. The normalized spacial score (nSPS) is 17.4. The molecule has 0 spiro atoms. The summed E-state index contributed by atoms with van der Waals surface area (Å²) in [6.07, 6.45) is 2.47. The SMILES string of the molecule is CCS(=O)(=O)c1ccc(NCC(N)C2CC2)cc1. The summed E-state index contributed by atoms with van der Waals surface area (Å²) in [6.45, 7) is 2.39. The van der Waals surface area contributed by atoms with Crippen molar-refractivity contribution in [1.82, 2.24) is 0 Å². The monoisotopic (exact) mass is 268 g/mol. The summed E-state index contributed by atoms with van der Waals surface area (Å²) >= 11 is 0. The van der Waals surface area contributed by atoms with Gasteiger partial charge in [-0.15, -0.1) is 0 Å². The van der Waals surface area contributed by atoms with Crippen LogP contribution in [0.1, 0.15) is 19.8 Å². The van der Waals surface area contributed by atoms with E-state index in [1.807, 2.05) is 0 Å². The van der Waals surface area contributed by atoms with Crippen molar-refractivity contribution >= 4 is 15.5 Å². The Hall–Kier alpha value is -1.07. The Balaban J connectivity index is 1.95. The first-order chi connectivity index (χ1) is 8.53. The molecule has 1 aliphatic rings. The highest BCUT2D eigenvalue weighted by molar-refractivity contribution is 7.91. The van der Waals surface area contributed by atoms with Crippen LogP contribution in [-0.4, -0.2) is 26.8 Å². The van der Waals surface area contributed by atoms with Crippen molar-refractivity contribution < 1.29 is 8.42 Å². The van der Waals surface area contributed by atoms with Gasteiger partial charge in [-0.1, -0.05) is 6.92 Å². The molecule has 0 aromatic heterocycles. The van der Waals surface area contributed by atoms with Crippen LogP contribution in [0.2, 0.25) is 0 Å². The van der Waals surface area contributed by atoms with E-state index >= 15 is 0 Å². The van der Waals surface area contributed by atoms with Crippen molar-refractivity contribution in [3.05, 3.63) is 24.3 Å². The zero-order valence-corrected chi connectivity index (χ0v) is 11.4. The van der Waals surface area contributed by atoms with Crippen LogP contribution >= 0.6 is 0 Å². The molecule has 3 N–H and O–H groups in total. The summed E-state index contributed by atoms with van der Waals surface area (Å²) in [4.78, 5) is 0.377. The fraction of sp³-hybridized carbons (Fsp3) is 0.538. The van der Waals surface area contributed by atoms with Crippen molar-refractivity contribution in [1.29, 1.82) is 0 Å². The first kappa shape index (κ1) is 13.4. The van der Waals surface area contributed by atoms with Gasteiger partial charge in [-0.05, 0) is 43.0 Å². The van der Waals surface area contributed by atoms with Crippen molar-refractivity contribution in [2.75, 3.05) is 17.6 Å². The topological polar surface area (TPSA) is 72.2 Å². The second-order valence-electron chi connectivity index (χ2n) is 4.81. The lowest BCUT2D eigenvalue weighted by Gasteiger charge is -2.13. The molecule has 1 aromatic rings. The van der Waals surface area contributed by atoms with E-state index in [9.17, 15) is 8.42 Å². The van der Waals surface area contributed by atoms with Crippen molar-refractivity contribution in [2.45, 2.75) is 30.7 Å². The van der Waals surface area contributed by atoms with Crippen LogP contribution < -0.4 is 11.1 Å². The molecular formula is C13H20N2O2S. The zero-order valence-electron chi connectivity index (χ0n) is 10.6. The fourth-order valence-corrected chi connectivity index (χ4v) is 2.76. The second-order valence-corrected chi connectivity index (χ2v) is 7.09. The van der Waals surface area contributed by atoms with Crippen molar-refractivity contribution in [2.24, 2.45) is 11.7 Å². The van der Waals surface area contributed by atoms with Gasteiger partial charge in [0.2, 0.25) is 0 Å². The summed E-state index contributed by atoms with van der Waals surface area (Å²) in [5.74, 6) is 0.795. The van der Waals surface area contributed by atoms with Gasteiger partial charge in [0.25, 0.3) is 0 Å². The molecule has 4 nitrogen and oxygen atoms in total. The van der Waals surface area contributed by atoms with Crippen LogP contribution in [0.25, 0.3) is 0 Å². The average Bonchev–Trinajstić information content (AvgIpc) is 3.20. The van der Waals surface area contributed by atoms with Crippen LogP contribution in [0.5, 0.6) is 0 Å². The Labute approximate surface area is 108 Å². The first-order valence-electron chi connectivity index (χ1n) is 6.35. The minimum atomic E-state index is -3.10. The lowest BCUT2D eigenvalue weighted by atomic mass is 10.2. The standard InChI is InChI=1S/C13H20N2O2S/c1-2-18(16,17)12-7-5-11(6-8-12)15-9-13(14)10-3-4-10/h5-8,10,13,15H,2-4,9,14H2,1H3. The third-order valence-corrected chi connectivity index (χ3v) is 5.11. The predicted octanol–water partition coefficient (Wildman–Crippen LogP) is 1.63. The highest BCUT2D eigenvalue weighted by atomic mass is 32.2. The van der Waals surface area contributed by atoms with Gasteiger partial charge in [0.1, 0.15) is 0 Å². The van der Waals surface area contributed by atoms with E-state index in [0.29, 0.717) is 10.8 Å². The van der Waals surface area contributed by atoms with E-state index in [2.05, 4.69) is 5.32 Å². The number of sulfone groups is 1. The Morgan fingerprint density at radius 2 is 1.94 bits per heavy atom. The number of anilines is 1. The van der Waals surface area contributed by atoms with E-state index in [1.165, 1.54) is 12.8 Å². The maximum atomic E-state index is 11.6. The minimum Gasteiger partial charge on any atom is -0.383 e. The quantitative estimate of drug-likeness (QED) is 0.822. The van der Waals surface area contributed by atoms with Crippen LogP contribution in [0, 0.1) is 5.92 Å². The number of benzene rings is 1. The maximum absolute atomic E-state index is 11.6. The third-order valence-electron chi connectivity index (χ3n) is 3.36. The fourth-order valence-electron chi connectivity index (χ4n) is 1.87. The van der Waals surface area contributed by atoms with Crippen molar-refractivity contribution in [3.63, 3.8) is 0 Å². The molecule has 18 heavy (non-hydrogen) atoms. The van der Waals surface area contributed by atoms with Crippen LogP contribution in [0.3, 0.4) is 0 Å². The van der Waals surface area contributed by atoms with Gasteiger partial charge in [-0.3, -0.25) is 0 Å². The average molecular weight is 268 g/mol. The third kappa shape index (κ3) is 3.23. The van der Waals surface area contributed by atoms with E-state index in [4.69, 9.17) is 5.73 Å². The highest BCUT2D eigenvalue weighted by Crippen LogP contribution is 2.31. The lowest BCUT2D eigenvalue weighted by Crippen LogP contribution is -2.31. The predicted molar refractivity (Wildman–Crippen MR) is 73.4 cm³/mol. The summed E-state index contributed by atoms with van der Waals surface area (Å²) < 4.78 is 23.3. The first-order valence-corrected chi connectivity index (χ1v) is 8.00. The summed E-state index contributed by atoms with van der Waals surface area (Å²) in [5, 5.41) is 3.24. The van der Waals surface area contributed by atoms with E-state index in [1.54, 1.807) is 31.2 Å². The molecule has 0 amide bonds. The molecule has 0 aliphatic heterocycles. The van der Waals surface area contributed by atoms with Crippen LogP contribution in [0.15, 0.2) is 29.2 Å². The molecule has 1 unspecified atom stereocenters. The molecule has 0 saturated heterocycles. The zero-order chi connectivity index (χ0) is 13.2. The molecule has 0 radical (unpaired) electrons. The maximum Gasteiger partial charge on any atom is 0.178 e. The molecule has 0 bridgehead atoms. The van der Waals surface area contributed by atoms with Crippen LogP contribution in [-0.2, 0) is 9.84 Å². The van der Waals surface area contributed by atoms with E-state index < -0.39 is 9.84 Å². The van der Waals surface area contributed by atoms with Gasteiger partial charge in [0.15, 0.2) is 9.84 Å². The summed E-state index contributed by atoms with van der Waals surface area (Å²) in [6, 6.07) is 7.07. The van der Waals surface area contributed by atoms with Gasteiger partial charge >= 0.3 is 0 Å². The van der Waals surface area contributed by atoms with Crippen molar-refractivity contribution in [3.8, 4) is 0 Å². The largest absolute Gasteiger partial charge is 0.383 e. The second kappa shape index (κ2) is 5.28. The molecule has 100 valence electrons. The Morgan fingerprint density at radius 1 is 1.33 bits per heavy atom. The van der Waals surface area contributed by atoms with Gasteiger partial charge in [-0.25, -0.2) is 8.42 Å². The van der Waals surface area contributed by atoms with Gasteiger partial charge in [0.05, 0.1) is 10.6 Å². The van der Waals surface area contributed by atoms with Crippen LogP contribution in [0.4, 0.5) is 5.69 Å². The van der Waals surface area contributed by atoms with E-state index in [0.717, 1.165) is 12.2 Å². The minimum absolute atomic E-state index is 0.131. The Bertz CT molecular complexity index is 492. The number of rotatable bonds is 6. The molecule has 2 rings (SSSR count). The molecule has 0 heterocycles. The molecule has 1 aromatic carbocycles. The molecule has 5 heteroatoms. The van der Waals surface area contributed by atoms with Gasteiger partial charge in [-0.2, -0.15) is 0 Å². The Kier molecular flexibility index (Phi) is 3.92. The summed E-state index contributed by atoms with van der Waals surface area (Å²) in [5.41, 5.74) is 6.91.